The van der Waals surface area contributed by atoms with Gasteiger partial charge in [0.15, 0.2) is 0 Å². The number of rotatable bonds is 7. The number of hydrogen-bond acceptors (Lipinski definition) is 3. The molecule has 1 unspecified atom stereocenters. The molecule has 2 aromatic carbocycles. The Morgan fingerprint density at radius 1 is 1.00 bits per heavy atom. The molecular weight excluding hydrogens is 344 g/mol. The summed E-state index contributed by atoms with van der Waals surface area (Å²) < 4.78 is 5.85. The fourth-order valence-electron chi connectivity index (χ4n) is 2.97. The topological polar surface area (TPSA) is 45.9 Å². The Morgan fingerprint density at radius 2 is 1.77 bits per heavy atom. The smallest absolute Gasteiger partial charge is 0.119 e. The third-order valence-electron chi connectivity index (χ3n) is 4.38. The van der Waals surface area contributed by atoms with Crippen molar-refractivity contribution in [3.63, 3.8) is 0 Å². The van der Waals surface area contributed by atoms with Crippen LogP contribution in [0.1, 0.15) is 17.5 Å². The Hall–Kier alpha value is -2.83. The monoisotopic (exact) mass is 362 g/mol. The van der Waals surface area contributed by atoms with Crippen LogP contribution in [0.5, 0.6) is 5.75 Å². The van der Waals surface area contributed by atoms with Gasteiger partial charge in [0.1, 0.15) is 5.75 Å². The van der Waals surface area contributed by atoms with Crippen molar-refractivity contribution in [3.05, 3.63) is 95.3 Å². The molecule has 130 valence electrons. The van der Waals surface area contributed by atoms with Crippen molar-refractivity contribution in [3.8, 4) is 11.8 Å². The quantitative estimate of drug-likeness (QED) is 0.579. The number of ether oxygens (including phenoxy) is 1. The van der Waals surface area contributed by atoms with Gasteiger partial charge in [-0.25, -0.2) is 0 Å². The number of nitrogens with zero attached hydrogens (tertiary/aromatic N) is 2. The van der Waals surface area contributed by atoms with Gasteiger partial charge in [-0.15, -0.1) is 0 Å². The maximum absolute atomic E-state index is 10.1. The van der Waals surface area contributed by atoms with Crippen LogP contribution in [-0.4, -0.2) is 11.6 Å². The minimum absolute atomic E-state index is 0.445. The minimum Gasteiger partial charge on any atom is -0.494 e. The molecule has 3 rings (SSSR count). The zero-order chi connectivity index (χ0) is 18.2. The Morgan fingerprint density at radius 3 is 2.42 bits per heavy atom. The summed E-state index contributed by atoms with van der Waals surface area (Å²) in [6.07, 6.45) is 4.67. The number of nitriles is 1. The highest BCUT2D eigenvalue weighted by atomic mass is 35.5. The molecule has 0 bridgehead atoms. The van der Waals surface area contributed by atoms with Gasteiger partial charge < -0.3 is 4.74 Å². The highest BCUT2D eigenvalue weighted by Crippen LogP contribution is 2.32. The van der Waals surface area contributed by atoms with Gasteiger partial charge in [0, 0.05) is 23.8 Å². The molecule has 1 aromatic heterocycles. The molecule has 0 spiro atoms. The predicted octanol–water partition coefficient (Wildman–Crippen LogP) is 5.21. The fraction of sp³-hybridized carbons (Fsp3) is 0.182. The first kappa shape index (κ1) is 18.0. The number of hydrogen-bond donors (Lipinski definition) is 0. The van der Waals surface area contributed by atoms with E-state index in [0.29, 0.717) is 24.5 Å². The second kappa shape index (κ2) is 8.51. The summed E-state index contributed by atoms with van der Waals surface area (Å²) >= 11 is 6.03. The molecule has 1 heterocycles. The number of para-hydroxylation sites is 1. The lowest BCUT2D eigenvalue weighted by atomic mass is 9.74. The van der Waals surface area contributed by atoms with Crippen molar-refractivity contribution in [1.82, 2.24) is 4.98 Å². The van der Waals surface area contributed by atoms with Crippen molar-refractivity contribution >= 4 is 11.6 Å². The third kappa shape index (κ3) is 4.41. The number of halogens is 1. The van der Waals surface area contributed by atoms with Gasteiger partial charge in [-0.3, -0.25) is 4.98 Å². The van der Waals surface area contributed by atoms with Gasteiger partial charge in [-0.1, -0.05) is 48.0 Å². The lowest BCUT2D eigenvalue weighted by molar-refractivity contribution is 0.278. The van der Waals surface area contributed by atoms with E-state index in [1.165, 1.54) is 0 Å². The second-order valence-corrected chi connectivity index (χ2v) is 6.59. The molecule has 0 aliphatic rings. The van der Waals surface area contributed by atoms with Gasteiger partial charge in [0.2, 0.25) is 0 Å². The molecule has 26 heavy (non-hydrogen) atoms. The van der Waals surface area contributed by atoms with E-state index in [0.717, 1.165) is 16.9 Å². The zero-order valence-electron chi connectivity index (χ0n) is 14.3. The highest BCUT2D eigenvalue weighted by Gasteiger charge is 2.33. The summed E-state index contributed by atoms with van der Waals surface area (Å²) in [5.41, 5.74) is 1.25. The van der Waals surface area contributed by atoms with Crippen LogP contribution in [0.3, 0.4) is 0 Å². The van der Waals surface area contributed by atoms with Gasteiger partial charge in [0.25, 0.3) is 0 Å². The zero-order valence-corrected chi connectivity index (χ0v) is 15.1. The van der Waals surface area contributed by atoms with E-state index in [4.69, 9.17) is 16.3 Å². The Bertz CT molecular complexity index is 860. The Labute approximate surface area is 158 Å². The van der Waals surface area contributed by atoms with Crippen LogP contribution in [0.4, 0.5) is 0 Å². The maximum Gasteiger partial charge on any atom is 0.119 e. The van der Waals surface area contributed by atoms with Crippen LogP contribution < -0.4 is 4.74 Å². The standard InChI is InChI=1S/C22H19ClN2O/c23-20-10-8-19(9-11-20)22(17-24,15-18-5-4-13-25-16-18)12-14-26-21-6-2-1-3-7-21/h1-11,13,16H,12,14-15H2. The average Bonchev–Trinajstić information content (AvgIpc) is 2.69. The van der Waals surface area contributed by atoms with Crippen LogP contribution in [0.25, 0.3) is 0 Å². The lowest BCUT2D eigenvalue weighted by Crippen LogP contribution is -2.29. The van der Waals surface area contributed by atoms with E-state index in [1.54, 1.807) is 12.4 Å². The van der Waals surface area contributed by atoms with Crippen molar-refractivity contribution in [2.24, 2.45) is 0 Å². The molecule has 0 aliphatic heterocycles. The van der Waals surface area contributed by atoms with E-state index >= 15 is 0 Å². The third-order valence-corrected chi connectivity index (χ3v) is 4.63. The van der Waals surface area contributed by atoms with E-state index in [9.17, 15) is 5.26 Å². The summed E-state index contributed by atoms with van der Waals surface area (Å²) in [7, 11) is 0. The molecule has 3 aromatic rings. The molecule has 0 N–H and O–H groups in total. The maximum atomic E-state index is 10.1. The van der Waals surface area contributed by atoms with E-state index in [-0.39, 0.29) is 0 Å². The predicted molar refractivity (Wildman–Crippen MR) is 103 cm³/mol. The normalized spacial score (nSPS) is 12.8. The first-order valence-corrected chi connectivity index (χ1v) is 8.84. The molecule has 0 aliphatic carbocycles. The van der Waals surface area contributed by atoms with E-state index in [2.05, 4.69) is 11.1 Å². The van der Waals surface area contributed by atoms with Crippen LogP contribution >= 0.6 is 11.6 Å². The average molecular weight is 363 g/mol. The summed E-state index contributed by atoms with van der Waals surface area (Å²) in [5, 5.41) is 10.8. The molecule has 0 amide bonds. The summed E-state index contributed by atoms with van der Waals surface area (Å²) in [5.74, 6) is 0.803. The van der Waals surface area contributed by atoms with Crippen molar-refractivity contribution in [2.45, 2.75) is 18.3 Å². The Kier molecular flexibility index (Phi) is 5.88. The van der Waals surface area contributed by atoms with Crippen LogP contribution in [0, 0.1) is 11.3 Å². The molecule has 4 heteroatoms. The molecule has 0 fully saturated rings. The Balaban J connectivity index is 1.84. The largest absolute Gasteiger partial charge is 0.494 e. The molecule has 0 radical (unpaired) electrons. The van der Waals surface area contributed by atoms with Crippen molar-refractivity contribution in [1.29, 1.82) is 5.26 Å². The lowest BCUT2D eigenvalue weighted by Gasteiger charge is -2.27. The van der Waals surface area contributed by atoms with Gasteiger partial charge in [0.05, 0.1) is 18.1 Å². The first-order valence-electron chi connectivity index (χ1n) is 8.46. The van der Waals surface area contributed by atoms with Crippen molar-refractivity contribution in [2.75, 3.05) is 6.61 Å². The molecular formula is C22H19ClN2O. The van der Waals surface area contributed by atoms with Crippen molar-refractivity contribution < 1.29 is 4.74 Å². The fourth-order valence-corrected chi connectivity index (χ4v) is 3.10. The van der Waals surface area contributed by atoms with Crippen LogP contribution in [-0.2, 0) is 11.8 Å². The molecule has 0 saturated carbocycles. The summed E-state index contributed by atoms with van der Waals surface area (Å²) in [4.78, 5) is 4.18. The minimum atomic E-state index is -0.706. The number of aromatic nitrogens is 1. The summed E-state index contributed by atoms with van der Waals surface area (Å²) in [6, 6.07) is 23.5. The van der Waals surface area contributed by atoms with Gasteiger partial charge in [-0.2, -0.15) is 5.26 Å². The number of pyridine rings is 1. The van der Waals surface area contributed by atoms with Crippen LogP contribution in [0.2, 0.25) is 5.02 Å². The van der Waals surface area contributed by atoms with E-state index < -0.39 is 5.41 Å². The molecule has 0 saturated heterocycles. The summed E-state index contributed by atoms with van der Waals surface area (Å²) in [6.45, 7) is 0.445. The number of benzene rings is 2. The SMILES string of the molecule is N#CC(CCOc1ccccc1)(Cc1cccnc1)c1ccc(Cl)cc1. The van der Waals surface area contributed by atoms with E-state index in [1.807, 2.05) is 66.7 Å². The highest BCUT2D eigenvalue weighted by molar-refractivity contribution is 6.30. The van der Waals surface area contributed by atoms with Crippen LogP contribution in [0.15, 0.2) is 79.1 Å². The first-order chi connectivity index (χ1) is 12.7. The van der Waals surface area contributed by atoms with Gasteiger partial charge >= 0.3 is 0 Å². The second-order valence-electron chi connectivity index (χ2n) is 6.15. The van der Waals surface area contributed by atoms with Gasteiger partial charge in [-0.05, 0) is 47.9 Å². The molecule has 3 nitrogen and oxygen atoms in total. The molecule has 1 atom stereocenters.